The molecule has 0 radical (unpaired) electrons. The molecule has 2 atom stereocenters. The predicted molar refractivity (Wildman–Crippen MR) is 122 cm³/mol. The Bertz CT molecular complexity index is 1290. The van der Waals surface area contributed by atoms with Crippen LogP contribution in [0.25, 0.3) is 0 Å². The van der Waals surface area contributed by atoms with Crippen molar-refractivity contribution in [2.75, 3.05) is 9.21 Å². The molecular weight excluding hydrogens is 408 g/mol. The van der Waals surface area contributed by atoms with Crippen LogP contribution in [0.2, 0.25) is 0 Å². The van der Waals surface area contributed by atoms with E-state index in [-0.39, 0.29) is 22.9 Å². The molecule has 0 spiro atoms. The minimum absolute atomic E-state index is 0.0237. The summed E-state index contributed by atoms with van der Waals surface area (Å²) in [5.74, 6) is -0.177. The Kier molecular flexibility index (Phi) is 4.63. The van der Waals surface area contributed by atoms with E-state index in [0.717, 1.165) is 23.2 Å². The summed E-state index contributed by atoms with van der Waals surface area (Å²) in [6.45, 7) is 3.93. The first-order valence-corrected chi connectivity index (χ1v) is 12.0. The molecule has 0 bridgehead atoms. The van der Waals surface area contributed by atoms with Gasteiger partial charge in [-0.2, -0.15) is 0 Å². The number of amides is 1. The van der Waals surface area contributed by atoms with Gasteiger partial charge in [0.2, 0.25) is 0 Å². The maximum atomic E-state index is 13.6. The number of hydrogen-bond donors (Lipinski definition) is 0. The van der Waals surface area contributed by atoms with Crippen molar-refractivity contribution in [3.63, 3.8) is 0 Å². The Morgan fingerprint density at radius 2 is 1.42 bits per heavy atom. The molecule has 2 aliphatic rings. The highest BCUT2D eigenvalue weighted by Gasteiger charge is 2.37. The highest BCUT2D eigenvalue weighted by atomic mass is 32.2. The maximum Gasteiger partial charge on any atom is 0.264 e. The Hall–Kier alpha value is -3.12. The van der Waals surface area contributed by atoms with Crippen molar-refractivity contribution in [2.24, 2.45) is 0 Å². The van der Waals surface area contributed by atoms with Gasteiger partial charge in [-0.15, -0.1) is 0 Å². The molecule has 2 heterocycles. The van der Waals surface area contributed by atoms with Crippen LogP contribution in [0, 0.1) is 0 Å². The van der Waals surface area contributed by atoms with Gasteiger partial charge in [0.05, 0.1) is 10.6 Å². The molecule has 0 saturated heterocycles. The number of para-hydroxylation sites is 2. The number of rotatable bonds is 3. The summed E-state index contributed by atoms with van der Waals surface area (Å²) in [7, 11) is -3.79. The second kappa shape index (κ2) is 7.24. The van der Waals surface area contributed by atoms with Gasteiger partial charge in [-0.25, -0.2) is 8.42 Å². The quantitative estimate of drug-likeness (QED) is 0.616. The van der Waals surface area contributed by atoms with E-state index in [1.807, 2.05) is 62.4 Å². The number of anilines is 2. The number of nitrogens with zero attached hydrogens (tertiary/aromatic N) is 2. The second-order valence-corrected chi connectivity index (χ2v) is 10.2. The third-order valence-corrected chi connectivity index (χ3v) is 8.13. The summed E-state index contributed by atoms with van der Waals surface area (Å²) in [5.41, 5.74) is 4.15. The Morgan fingerprint density at radius 1 is 0.806 bits per heavy atom. The summed E-state index contributed by atoms with van der Waals surface area (Å²) in [5, 5.41) is 0. The van der Waals surface area contributed by atoms with Crippen LogP contribution in [-0.4, -0.2) is 26.4 Å². The Balaban J connectivity index is 1.52. The molecule has 2 aliphatic heterocycles. The molecule has 0 N–H and O–H groups in total. The normalized spacial score (nSPS) is 19.9. The molecule has 31 heavy (non-hydrogen) atoms. The van der Waals surface area contributed by atoms with Crippen LogP contribution in [0.4, 0.5) is 11.4 Å². The van der Waals surface area contributed by atoms with Crippen molar-refractivity contribution in [1.82, 2.24) is 0 Å². The molecular formula is C25H24N2O3S. The zero-order valence-electron chi connectivity index (χ0n) is 17.5. The molecule has 158 valence electrons. The van der Waals surface area contributed by atoms with E-state index in [2.05, 4.69) is 0 Å². The topological polar surface area (TPSA) is 57.7 Å². The molecule has 0 fully saturated rings. The van der Waals surface area contributed by atoms with E-state index < -0.39 is 10.0 Å². The number of carbonyl (C=O) groups excluding carboxylic acids is 1. The standard InChI is InChI=1S/C25H24N2O3S/c1-17-14-19-8-3-5-12-23(19)26(17)25(28)21-10-7-11-22(16-21)31(29,30)27-18(2)15-20-9-4-6-13-24(20)27/h3-13,16-18H,14-15H2,1-2H3. The largest absolute Gasteiger partial charge is 0.305 e. The minimum atomic E-state index is -3.79. The van der Waals surface area contributed by atoms with Gasteiger partial charge >= 0.3 is 0 Å². The summed E-state index contributed by atoms with van der Waals surface area (Å²) < 4.78 is 28.6. The van der Waals surface area contributed by atoms with Gasteiger partial charge in [-0.3, -0.25) is 9.10 Å². The van der Waals surface area contributed by atoms with Gasteiger partial charge < -0.3 is 4.90 Å². The second-order valence-electron chi connectivity index (χ2n) is 8.37. The zero-order valence-corrected chi connectivity index (χ0v) is 18.3. The SMILES string of the molecule is CC1Cc2ccccc2N1C(=O)c1cccc(S(=O)(=O)N2c3ccccc3CC2C)c1. The molecule has 0 aromatic heterocycles. The lowest BCUT2D eigenvalue weighted by Gasteiger charge is -2.25. The zero-order chi connectivity index (χ0) is 21.8. The van der Waals surface area contributed by atoms with Crippen molar-refractivity contribution in [3.8, 4) is 0 Å². The van der Waals surface area contributed by atoms with Crippen LogP contribution in [0.5, 0.6) is 0 Å². The minimum Gasteiger partial charge on any atom is -0.305 e. The van der Waals surface area contributed by atoms with Crippen molar-refractivity contribution in [1.29, 1.82) is 0 Å². The van der Waals surface area contributed by atoms with E-state index in [9.17, 15) is 13.2 Å². The van der Waals surface area contributed by atoms with Crippen LogP contribution < -0.4 is 9.21 Å². The first kappa shape index (κ1) is 19.8. The first-order valence-electron chi connectivity index (χ1n) is 10.5. The van der Waals surface area contributed by atoms with Crippen LogP contribution in [0.3, 0.4) is 0 Å². The number of sulfonamides is 1. The highest BCUT2D eigenvalue weighted by molar-refractivity contribution is 7.92. The number of benzene rings is 3. The fourth-order valence-corrected chi connectivity index (χ4v) is 6.56. The van der Waals surface area contributed by atoms with E-state index in [1.165, 1.54) is 10.4 Å². The average Bonchev–Trinajstić information content (AvgIpc) is 3.28. The number of carbonyl (C=O) groups is 1. The van der Waals surface area contributed by atoms with Crippen molar-refractivity contribution >= 4 is 27.3 Å². The van der Waals surface area contributed by atoms with E-state index >= 15 is 0 Å². The van der Waals surface area contributed by atoms with Crippen LogP contribution in [0.15, 0.2) is 77.7 Å². The van der Waals surface area contributed by atoms with Gasteiger partial charge in [0.25, 0.3) is 15.9 Å². The predicted octanol–water partition coefficient (Wildman–Crippen LogP) is 4.42. The van der Waals surface area contributed by atoms with E-state index in [1.54, 1.807) is 23.1 Å². The molecule has 2 unspecified atom stereocenters. The molecule has 1 amide bonds. The summed E-state index contributed by atoms with van der Waals surface area (Å²) in [4.78, 5) is 15.3. The third-order valence-electron chi connectivity index (χ3n) is 6.21. The average molecular weight is 433 g/mol. The van der Waals surface area contributed by atoms with Gasteiger partial charge in [0, 0.05) is 23.3 Å². The molecule has 3 aromatic rings. The lowest BCUT2D eigenvalue weighted by molar-refractivity contribution is 0.0981. The fraction of sp³-hybridized carbons (Fsp3) is 0.240. The smallest absolute Gasteiger partial charge is 0.264 e. The molecule has 0 saturated carbocycles. The van der Waals surface area contributed by atoms with Crippen LogP contribution >= 0.6 is 0 Å². The summed E-state index contributed by atoms with van der Waals surface area (Å²) >= 11 is 0. The first-order chi connectivity index (χ1) is 14.9. The van der Waals surface area contributed by atoms with Gasteiger partial charge in [0.1, 0.15) is 0 Å². The number of hydrogen-bond acceptors (Lipinski definition) is 3. The van der Waals surface area contributed by atoms with Gasteiger partial charge in [0.15, 0.2) is 0 Å². The highest BCUT2D eigenvalue weighted by Crippen LogP contribution is 2.37. The maximum absolute atomic E-state index is 13.6. The molecule has 3 aromatic carbocycles. The number of fused-ring (bicyclic) bond motifs is 2. The molecule has 5 nitrogen and oxygen atoms in total. The summed E-state index contributed by atoms with van der Waals surface area (Å²) in [6, 6.07) is 21.7. The Labute approximate surface area is 183 Å². The van der Waals surface area contributed by atoms with Crippen LogP contribution in [-0.2, 0) is 22.9 Å². The van der Waals surface area contributed by atoms with E-state index in [4.69, 9.17) is 0 Å². The lowest BCUT2D eigenvalue weighted by Crippen LogP contribution is -2.37. The molecule has 5 rings (SSSR count). The molecule has 6 heteroatoms. The Morgan fingerprint density at radius 3 is 2.16 bits per heavy atom. The lowest BCUT2D eigenvalue weighted by atomic mass is 10.1. The monoisotopic (exact) mass is 432 g/mol. The van der Waals surface area contributed by atoms with Crippen molar-refractivity contribution in [3.05, 3.63) is 89.5 Å². The summed E-state index contributed by atoms with van der Waals surface area (Å²) in [6.07, 6.45) is 1.47. The van der Waals surface area contributed by atoms with Gasteiger partial charge in [-0.05, 0) is 68.1 Å². The van der Waals surface area contributed by atoms with Crippen molar-refractivity contribution in [2.45, 2.75) is 43.7 Å². The third kappa shape index (κ3) is 3.13. The fourth-order valence-electron chi connectivity index (χ4n) is 4.82. The van der Waals surface area contributed by atoms with Crippen molar-refractivity contribution < 1.29 is 13.2 Å². The van der Waals surface area contributed by atoms with E-state index in [0.29, 0.717) is 17.7 Å². The van der Waals surface area contributed by atoms with Crippen LogP contribution in [0.1, 0.15) is 35.3 Å². The van der Waals surface area contributed by atoms with Gasteiger partial charge in [-0.1, -0.05) is 42.5 Å². The molecule has 0 aliphatic carbocycles.